The summed E-state index contributed by atoms with van der Waals surface area (Å²) in [5.74, 6) is 1.44. The van der Waals surface area contributed by atoms with Crippen molar-refractivity contribution in [3.8, 4) is 5.75 Å². The van der Waals surface area contributed by atoms with E-state index in [0.717, 1.165) is 11.5 Å². The molecule has 0 atom stereocenters. The summed E-state index contributed by atoms with van der Waals surface area (Å²) in [6.45, 7) is 1.89. The fraction of sp³-hybridized carbons (Fsp3) is 0.200. The Balaban J connectivity index is 1.79. The maximum absolute atomic E-state index is 12.8. The van der Waals surface area contributed by atoms with Gasteiger partial charge in [0.15, 0.2) is 0 Å². The van der Waals surface area contributed by atoms with Crippen molar-refractivity contribution in [1.29, 1.82) is 0 Å². The first-order valence-electron chi connectivity index (χ1n) is 8.94. The maximum atomic E-state index is 12.8. The SMILES string of the molecule is COc1ccc(Cl)cc1S(=O)(=O)Nc1ccc(Nc2nc(C)cc(N(C)C)n2)cc1. The Morgan fingerprint density at radius 1 is 1.00 bits per heavy atom. The number of ether oxygens (including phenoxy) is 1. The number of anilines is 4. The van der Waals surface area contributed by atoms with E-state index < -0.39 is 10.0 Å². The second-order valence-corrected chi connectivity index (χ2v) is 8.78. The van der Waals surface area contributed by atoms with E-state index in [9.17, 15) is 8.42 Å². The summed E-state index contributed by atoms with van der Waals surface area (Å²) in [5, 5.41) is 3.42. The zero-order chi connectivity index (χ0) is 21.9. The zero-order valence-electron chi connectivity index (χ0n) is 17.0. The molecule has 0 radical (unpaired) electrons. The van der Waals surface area contributed by atoms with E-state index in [0.29, 0.717) is 22.3 Å². The molecule has 0 unspecified atom stereocenters. The van der Waals surface area contributed by atoms with Crippen LogP contribution in [0.3, 0.4) is 0 Å². The Labute approximate surface area is 180 Å². The minimum atomic E-state index is -3.88. The van der Waals surface area contributed by atoms with Gasteiger partial charge in [-0.25, -0.2) is 13.4 Å². The lowest BCUT2D eigenvalue weighted by Gasteiger charge is -2.14. The molecule has 30 heavy (non-hydrogen) atoms. The lowest BCUT2D eigenvalue weighted by atomic mass is 10.3. The highest BCUT2D eigenvalue weighted by Crippen LogP contribution is 2.29. The molecule has 0 saturated carbocycles. The Hall–Kier alpha value is -3.04. The molecule has 2 aromatic carbocycles. The quantitative estimate of drug-likeness (QED) is 0.563. The van der Waals surface area contributed by atoms with Gasteiger partial charge in [-0.1, -0.05) is 11.6 Å². The maximum Gasteiger partial charge on any atom is 0.265 e. The fourth-order valence-electron chi connectivity index (χ4n) is 2.66. The second-order valence-electron chi connectivity index (χ2n) is 6.69. The van der Waals surface area contributed by atoms with Crippen molar-refractivity contribution in [1.82, 2.24) is 9.97 Å². The number of nitrogens with one attached hydrogen (secondary N) is 2. The number of aryl methyl sites for hydroxylation is 1. The smallest absolute Gasteiger partial charge is 0.265 e. The number of rotatable bonds is 7. The van der Waals surface area contributed by atoms with E-state index in [2.05, 4.69) is 20.0 Å². The van der Waals surface area contributed by atoms with Crippen LogP contribution in [0.5, 0.6) is 5.75 Å². The largest absolute Gasteiger partial charge is 0.495 e. The van der Waals surface area contributed by atoms with Crippen LogP contribution in [0.2, 0.25) is 5.02 Å². The highest BCUT2D eigenvalue weighted by Gasteiger charge is 2.20. The summed E-state index contributed by atoms with van der Waals surface area (Å²) in [4.78, 5) is 10.7. The monoisotopic (exact) mass is 447 g/mol. The van der Waals surface area contributed by atoms with Crippen molar-refractivity contribution >= 4 is 44.8 Å². The summed E-state index contributed by atoms with van der Waals surface area (Å²) in [7, 11) is 1.33. The molecule has 0 aliphatic heterocycles. The van der Waals surface area contributed by atoms with Gasteiger partial charge < -0.3 is 15.0 Å². The fourth-order valence-corrected chi connectivity index (χ4v) is 4.15. The van der Waals surface area contributed by atoms with Crippen LogP contribution in [0.1, 0.15) is 5.69 Å². The molecule has 0 aliphatic carbocycles. The van der Waals surface area contributed by atoms with Crippen molar-refractivity contribution in [3.05, 3.63) is 59.2 Å². The molecule has 158 valence electrons. The number of benzene rings is 2. The molecule has 3 aromatic rings. The van der Waals surface area contributed by atoms with Crippen LogP contribution in [0.25, 0.3) is 0 Å². The number of methoxy groups -OCH3 is 1. The number of hydrogen-bond acceptors (Lipinski definition) is 7. The van der Waals surface area contributed by atoms with Crippen molar-refractivity contribution in [2.75, 3.05) is 36.1 Å². The van der Waals surface area contributed by atoms with Crippen molar-refractivity contribution in [2.45, 2.75) is 11.8 Å². The molecular formula is C20H22ClN5O3S. The normalized spacial score (nSPS) is 11.1. The Kier molecular flexibility index (Phi) is 6.33. The molecule has 0 aliphatic rings. The molecule has 0 fully saturated rings. The zero-order valence-corrected chi connectivity index (χ0v) is 18.5. The molecule has 0 spiro atoms. The number of nitrogens with zero attached hydrogens (tertiary/aromatic N) is 3. The van der Waals surface area contributed by atoms with Gasteiger partial charge in [-0.3, -0.25) is 4.72 Å². The topological polar surface area (TPSA) is 96.5 Å². The van der Waals surface area contributed by atoms with Crippen LogP contribution in [0.4, 0.5) is 23.1 Å². The van der Waals surface area contributed by atoms with Crippen molar-refractivity contribution in [2.24, 2.45) is 0 Å². The Morgan fingerprint density at radius 2 is 1.67 bits per heavy atom. The third-order valence-corrected chi connectivity index (χ3v) is 5.74. The molecular weight excluding hydrogens is 426 g/mol. The van der Waals surface area contributed by atoms with Gasteiger partial charge in [-0.2, -0.15) is 4.98 Å². The summed E-state index contributed by atoms with van der Waals surface area (Å²) in [6.07, 6.45) is 0. The van der Waals surface area contributed by atoms with Gasteiger partial charge in [0.05, 0.1) is 7.11 Å². The number of hydrogen-bond donors (Lipinski definition) is 2. The van der Waals surface area contributed by atoms with Gasteiger partial charge in [0.25, 0.3) is 10.0 Å². The Morgan fingerprint density at radius 3 is 2.30 bits per heavy atom. The van der Waals surface area contributed by atoms with Crippen molar-refractivity contribution < 1.29 is 13.2 Å². The first-order chi connectivity index (χ1) is 14.2. The van der Waals surface area contributed by atoms with Gasteiger partial charge in [0, 0.05) is 42.3 Å². The molecule has 1 aromatic heterocycles. The number of sulfonamides is 1. The van der Waals surface area contributed by atoms with Gasteiger partial charge >= 0.3 is 0 Å². The average molecular weight is 448 g/mol. The van der Waals surface area contributed by atoms with Crippen LogP contribution in [0, 0.1) is 6.92 Å². The van der Waals surface area contributed by atoms with Crippen LogP contribution >= 0.6 is 11.6 Å². The minimum absolute atomic E-state index is 0.0379. The molecule has 1 heterocycles. The lowest BCUT2D eigenvalue weighted by molar-refractivity contribution is 0.403. The van der Waals surface area contributed by atoms with E-state index >= 15 is 0 Å². The molecule has 10 heteroatoms. The Bertz CT molecular complexity index is 1150. The average Bonchev–Trinajstić information content (AvgIpc) is 2.69. The first-order valence-corrected chi connectivity index (χ1v) is 10.8. The third kappa shape index (κ3) is 5.11. The van der Waals surface area contributed by atoms with Gasteiger partial charge in [0.2, 0.25) is 5.95 Å². The van der Waals surface area contributed by atoms with Gasteiger partial charge in [-0.15, -0.1) is 0 Å². The standard InChI is InChI=1S/C20H22ClN5O3S/c1-13-11-19(26(2)3)24-20(22-13)23-15-6-8-16(9-7-15)25-30(27,28)18-12-14(21)5-10-17(18)29-4/h5-12,25H,1-4H3,(H,22,23,24). The lowest BCUT2D eigenvalue weighted by Crippen LogP contribution is -2.14. The van der Waals surface area contributed by atoms with Crippen LogP contribution in [-0.2, 0) is 10.0 Å². The van der Waals surface area contributed by atoms with E-state index in [1.165, 1.54) is 19.2 Å². The van der Waals surface area contributed by atoms with Crippen LogP contribution in [0.15, 0.2) is 53.4 Å². The summed E-state index contributed by atoms with van der Waals surface area (Å²) in [5.41, 5.74) is 1.94. The summed E-state index contributed by atoms with van der Waals surface area (Å²) < 4.78 is 33.2. The molecule has 0 saturated heterocycles. The van der Waals surface area contributed by atoms with Gasteiger partial charge in [-0.05, 0) is 49.4 Å². The molecule has 8 nitrogen and oxygen atoms in total. The van der Waals surface area contributed by atoms with Gasteiger partial charge in [0.1, 0.15) is 16.5 Å². The molecule has 2 N–H and O–H groups in total. The summed E-state index contributed by atoms with van der Waals surface area (Å²) >= 11 is 5.95. The number of aromatic nitrogens is 2. The molecule has 0 amide bonds. The van der Waals surface area contributed by atoms with E-state index in [4.69, 9.17) is 16.3 Å². The minimum Gasteiger partial charge on any atom is -0.495 e. The molecule has 3 rings (SSSR count). The highest BCUT2D eigenvalue weighted by molar-refractivity contribution is 7.92. The van der Waals surface area contributed by atoms with E-state index in [1.54, 1.807) is 30.3 Å². The first kappa shape index (κ1) is 21.7. The second kappa shape index (κ2) is 8.76. The predicted octanol–water partition coefficient (Wildman–Crippen LogP) is 4.06. The predicted molar refractivity (Wildman–Crippen MR) is 120 cm³/mol. The van der Waals surface area contributed by atoms with Crippen LogP contribution in [-0.4, -0.2) is 39.6 Å². The van der Waals surface area contributed by atoms with Crippen molar-refractivity contribution in [3.63, 3.8) is 0 Å². The van der Waals surface area contributed by atoms with E-state index in [-0.39, 0.29) is 10.6 Å². The van der Waals surface area contributed by atoms with Crippen LogP contribution < -0.4 is 19.7 Å². The number of halogens is 1. The molecule has 0 bridgehead atoms. The third-order valence-electron chi connectivity index (χ3n) is 4.11. The summed E-state index contributed by atoms with van der Waals surface area (Å²) in [6, 6.07) is 13.0. The van der Waals surface area contributed by atoms with E-state index in [1.807, 2.05) is 32.0 Å². The highest BCUT2D eigenvalue weighted by atomic mass is 35.5.